The van der Waals surface area contributed by atoms with Crippen molar-refractivity contribution in [1.82, 2.24) is 0 Å². The molecule has 2 rings (SSSR count). The summed E-state index contributed by atoms with van der Waals surface area (Å²) in [4.78, 5) is 11.2. The minimum Gasteiger partial charge on any atom is -0.478 e. The first-order valence-corrected chi connectivity index (χ1v) is 5.57. The fourth-order valence-corrected chi connectivity index (χ4v) is 2.01. The van der Waals surface area contributed by atoms with E-state index in [9.17, 15) is 9.90 Å². The Morgan fingerprint density at radius 2 is 1.94 bits per heavy atom. The van der Waals surface area contributed by atoms with E-state index in [2.05, 4.69) is 6.07 Å². The lowest BCUT2D eigenvalue weighted by Gasteiger charge is -2.30. The van der Waals surface area contributed by atoms with E-state index in [4.69, 9.17) is 4.74 Å². The quantitative estimate of drug-likeness (QED) is 0.809. The molecule has 90 valence electrons. The highest BCUT2D eigenvalue weighted by Gasteiger charge is 2.36. The van der Waals surface area contributed by atoms with Crippen LogP contribution in [0.5, 0.6) is 5.75 Å². The van der Waals surface area contributed by atoms with E-state index in [-0.39, 0.29) is 0 Å². The van der Waals surface area contributed by atoms with Crippen molar-refractivity contribution in [3.8, 4) is 5.75 Å². The lowest BCUT2D eigenvalue weighted by Crippen LogP contribution is -2.41. The van der Waals surface area contributed by atoms with Gasteiger partial charge in [0.25, 0.3) is 0 Å². The van der Waals surface area contributed by atoms with Gasteiger partial charge in [-0.15, -0.1) is 0 Å². The molecule has 17 heavy (non-hydrogen) atoms. The Balaban J connectivity index is 2.62. The van der Waals surface area contributed by atoms with Gasteiger partial charge in [0.1, 0.15) is 5.75 Å². The van der Waals surface area contributed by atoms with E-state index in [0.29, 0.717) is 5.75 Å². The Labute approximate surface area is 101 Å². The van der Waals surface area contributed by atoms with Crippen LogP contribution < -0.4 is 4.74 Å². The van der Waals surface area contributed by atoms with Crippen LogP contribution in [-0.2, 0) is 4.79 Å². The first-order valence-electron chi connectivity index (χ1n) is 5.57. The largest absolute Gasteiger partial charge is 0.478 e. The van der Waals surface area contributed by atoms with E-state index >= 15 is 0 Å². The van der Waals surface area contributed by atoms with Crippen LogP contribution >= 0.6 is 0 Å². The van der Waals surface area contributed by atoms with Gasteiger partial charge in [0.2, 0.25) is 5.60 Å². The fourth-order valence-electron chi connectivity index (χ4n) is 2.01. The van der Waals surface area contributed by atoms with Crippen LogP contribution in [-0.4, -0.2) is 16.7 Å². The van der Waals surface area contributed by atoms with Gasteiger partial charge >= 0.3 is 5.97 Å². The predicted molar refractivity (Wildman–Crippen MR) is 66.4 cm³/mol. The molecule has 0 amide bonds. The van der Waals surface area contributed by atoms with Crippen molar-refractivity contribution in [2.75, 3.05) is 0 Å². The number of fused-ring (bicyclic) bond motifs is 1. The molecule has 0 aliphatic carbocycles. The molecule has 1 N–H and O–H groups in total. The second kappa shape index (κ2) is 3.62. The maximum absolute atomic E-state index is 11.2. The maximum Gasteiger partial charge on any atom is 0.351 e. The standard InChI is InChI=1S/C14H16O3/c1-8-7-9(2)11-5-6-14(4,13(15)16)17-12(11)10(8)3/h5-7H,1-4H3,(H,15,16)/t14-/m0/s1. The zero-order valence-electron chi connectivity index (χ0n) is 10.5. The van der Waals surface area contributed by atoms with Crippen molar-refractivity contribution in [3.63, 3.8) is 0 Å². The molecular formula is C14H16O3. The van der Waals surface area contributed by atoms with Crippen LogP contribution in [0.2, 0.25) is 0 Å². The molecule has 0 saturated carbocycles. The third-order valence-electron chi connectivity index (χ3n) is 3.34. The second-order valence-corrected chi connectivity index (χ2v) is 4.73. The van der Waals surface area contributed by atoms with Gasteiger partial charge in [-0.25, -0.2) is 4.79 Å². The predicted octanol–water partition coefficient (Wildman–Crippen LogP) is 2.86. The molecule has 0 bridgehead atoms. The molecule has 1 heterocycles. The average Bonchev–Trinajstić information content (AvgIpc) is 2.25. The Morgan fingerprint density at radius 3 is 2.53 bits per heavy atom. The summed E-state index contributed by atoms with van der Waals surface area (Å²) in [6.45, 7) is 7.52. The molecule has 1 aliphatic heterocycles. The van der Waals surface area contributed by atoms with E-state index in [0.717, 1.165) is 22.3 Å². The number of benzene rings is 1. The fraction of sp³-hybridized carbons (Fsp3) is 0.357. The molecule has 0 fully saturated rings. The van der Waals surface area contributed by atoms with Crippen molar-refractivity contribution in [2.24, 2.45) is 0 Å². The summed E-state index contributed by atoms with van der Waals surface area (Å²) in [5.41, 5.74) is 2.93. The summed E-state index contributed by atoms with van der Waals surface area (Å²) < 4.78 is 5.69. The van der Waals surface area contributed by atoms with E-state index < -0.39 is 11.6 Å². The van der Waals surface area contributed by atoms with Crippen LogP contribution in [0, 0.1) is 20.8 Å². The van der Waals surface area contributed by atoms with E-state index in [1.54, 1.807) is 13.0 Å². The molecule has 1 aliphatic rings. The molecule has 1 aromatic carbocycles. The lowest BCUT2D eigenvalue weighted by atomic mass is 9.93. The second-order valence-electron chi connectivity index (χ2n) is 4.73. The lowest BCUT2D eigenvalue weighted by molar-refractivity contribution is -0.149. The van der Waals surface area contributed by atoms with Gasteiger partial charge in [-0.2, -0.15) is 0 Å². The third kappa shape index (κ3) is 1.71. The Hall–Kier alpha value is -1.77. The summed E-state index contributed by atoms with van der Waals surface area (Å²) in [7, 11) is 0. The molecule has 3 nitrogen and oxygen atoms in total. The summed E-state index contributed by atoms with van der Waals surface area (Å²) in [5, 5.41) is 9.18. The van der Waals surface area contributed by atoms with Crippen molar-refractivity contribution in [1.29, 1.82) is 0 Å². The molecule has 0 radical (unpaired) electrons. The summed E-state index contributed by atoms with van der Waals surface area (Å²) in [6.07, 6.45) is 3.44. The minimum atomic E-state index is -1.27. The first-order chi connectivity index (χ1) is 7.85. The van der Waals surface area contributed by atoms with Gasteiger partial charge in [-0.3, -0.25) is 0 Å². The van der Waals surface area contributed by atoms with Crippen LogP contribution in [0.3, 0.4) is 0 Å². The normalized spacial score (nSPS) is 21.9. The molecule has 0 unspecified atom stereocenters. The van der Waals surface area contributed by atoms with Gasteiger partial charge < -0.3 is 9.84 Å². The van der Waals surface area contributed by atoms with Crippen LogP contribution in [0.15, 0.2) is 12.1 Å². The molecule has 0 aromatic heterocycles. The highest BCUT2D eigenvalue weighted by atomic mass is 16.5. The number of rotatable bonds is 1. The Morgan fingerprint density at radius 1 is 1.29 bits per heavy atom. The summed E-state index contributed by atoms with van der Waals surface area (Å²) in [6, 6.07) is 2.09. The number of carbonyl (C=O) groups is 1. The maximum atomic E-state index is 11.2. The number of hydrogen-bond donors (Lipinski definition) is 1. The Bertz CT molecular complexity index is 529. The van der Waals surface area contributed by atoms with Gasteiger partial charge in [0.05, 0.1) is 0 Å². The zero-order chi connectivity index (χ0) is 12.8. The first kappa shape index (κ1) is 11.7. The van der Waals surface area contributed by atoms with Crippen LogP contribution in [0.25, 0.3) is 6.08 Å². The SMILES string of the molecule is Cc1cc(C)c2c(c1C)O[C@](C)(C(=O)O)C=C2. The topological polar surface area (TPSA) is 46.5 Å². The molecule has 3 heteroatoms. The smallest absolute Gasteiger partial charge is 0.351 e. The monoisotopic (exact) mass is 232 g/mol. The van der Waals surface area contributed by atoms with Gasteiger partial charge in [0, 0.05) is 5.56 Å². The van der Waals surface area contributed by atoms with Crippen LogP contribution in [0.4, 0.5) is 0 Å². The number of ether oxygens (including phenoxy) is 1. The molecule has 0 spiro atoms. The van der Waals surface area contributed by atoms with E-state index in [1.165, 1.54) is 0 Å². The van der Waals surface area contributed by atoms with Crippen molar-refractivity contribution in [2.45, 2.75) is 33.3 Å². The summed E-state index contributed by atoms with van der Waals surface area (Å²) in [5.74, 6) is -0.284. The Kier molecular flexibility index (Phi) is 2.49. The van der Waals surface area contributed by atoms with Crippen molar-refractivity contribution in [3.05, 3.63) is 34.4 Å². The van der Waals surface area contributed by atoms with Gasteiger partial charge in [-0.1, -0.05) is 12.1 Å². The number of carboxylic acids is 1. The van der Waals surface area contributed by atoms with Crippen LogP contribution in [0.1, 0.15) is 29.2 Å². The highest BCUT2D eigenvalue weighted by molar-refractivity contribution is 5.84. The molecule has 0 saturated heterocycles. The number of aryl methyl sites for hydroxylation is 2. The molecule has 1 aromatic rings. The van der Waals surface area contributed by atoms with Gasteiger partial charge in [-0.05, 0) is 50.5 Å². The van der Waals surface area contributed by atoms with Crippen molar-refractivity contribution < 1.29 is 14.6 Å². The number of aliphatic carboxylic acids is 1. The third-order valence-corrected chi connectivity index (χ3v) is 3.34. The number of hydrogen-bond acceptors (Lipinski definition) is 2. The number of carboxylic acid groups (broad SMARTS) is 1. The molecular weight excluding hydrogens is 216 g/mol. The van der Waals surface area contributed by atoms with Crippen molar-refractivity contribution >= 4 is 12.0 Å². The molecule has 1 atom stereocenters. The zero-order valence-corrected chi connectivity index (χ0v) is 10.5. The average molecular weight is 232 g/mol. The van der Waals surface area contributed by atoms with Gasteiger partial charge in [0.15, 0.2) is 0 Å². The summed E-state index contributed by atoms with van der Waals surface area (Å²) >= 11 is 0. The highest BCUT2D eigenvalue weighted by Crippen LogP contribution is 2.37. The van der Waals surface area contributed by atoms with E-state index in [1.807, 2.05) is 26.8 Å². The minimum absolute atomic E-state index is 0.690.